The van der Waals surface area contributed by atoms with Crippen molar-refractivity contribution in [2.75, 3.05) is 26.4 Å². The van der Waals surface area contributed by atoms with Crippen LogP contribution in [0, 0.1) is 0 Å². The minimum atomic E-state index is 0.232. The van der Waals surface area contributed by atoms with Gasteiger partial charge in [0, 0.05) is 12.3 Å². The lowest BCUT2D eigenvalue weighted by Gasteiger charge is -2.11. The van der Waals surface area contributed by atoms with E-state index >= 15 is 0 Å². The number of ether oxygens (including phenoxy) is 6. The largest absolute Gasteiger partial charge is 0.491 e. The fourth-order valence-electron chi connectivity index (χ4n) is 4.18. The van der Waals surface area contributed by atoms with Gasteiger partial charge in [0.15, 0.2) is 0 Å². The summed E-state index contributed by atoms with van der Waals surface area (Å²) < 4.78 is 34.1. The summed E-state index contributed by atoms with van der Waals surface area (Å²) >= 11 is 0. The van der Waals surface area contributed by atoms with Crippen LogP contribution in [0.4, 0.5) is 0 Å². The van der Waals surface area contributed by atoms with E-state index in [1.54, 1.807) is 12.3 Å². The van der Waals surface area contributed by atoms with E-state index in [1.807, 2.05) is 78.9 Å². The molecule has 0 saturated carbocycles. The maximum Gasteiger partial charge on any atom is 0.222 e. The monoisotopic (exact) mass is 507 g/mol. The second-order valence-corrected chi connectivity index (χ2v) is 9.41. The first-order chi connectivity index (χ1) is 18.7. The first-order valence-corrected chi connectivity index (χ1v) is 12.6. The van der Waals surface area contributed by atoms with Gasteiger partial charge in [0.05, 0.1) is 13.2 Å². The third-order valence-corrected chi connectivity index (χ3v) is 6.41. The third kappa shape index (κ3) is 5.49. The first-order valence-electron chi connectivity index (χ1n) is 12.6. The minimum absolute atomic E-state index is 0.232. The molecule has 2 aliphatic heterocycles. The van der Waals surface area contributed by atoms with Gasteiger partial charge in [-0.15, -0.1) is 0 Å². The molecule has 1 aromatic heterocycles. The molecule has 38 heavy (non-hydrogen) atoms. The molecular weight excluding hydrogens is 482 g/mol. The molecule has 0 spiro atoms. The third-order valence-electron chi connectivity index (χ3n) is 6.41. The molecule has 2 saturated heterocycles. The molecule has 0 radical (unpaired) electrons. The number of pyridine rings is 1. The lowest BCUT2D eigenvalue weighted by molar-refractivity contribution is 0.263. The van der Waals surface area contributed by atoms with Crippen molar-refractivity contribution in [2.24, 2.45) is 0 Å². The molecule has 2 unspecified atom stereocenters. The number of hydrogen-bond acceptors (Lipinski definition) is 7. The second-order valence-electron chi connectivity index (χ2n) is 9.41. The Labute approximate surface area is 219 Å². The number of nitrogens with zero attached hydrogens (tertiary/aromatic N) is 1. The first kappa shape index (κ1) is 22.8. The molecule has 0 aliphatic carbocycles. The molecule has 5 aromatic rings. The van der Waals surface area contributed by atoms with Gasteiger partial charge in [-0.3, -0.25) is 0 Å². The normalized spacial score (nSPS) is 17.8. The highest BCUT2D eigenvalue weighted by atomic mass is 16.6. The molecule has 7 rings (SSSR count). The van der Waals surface area contributed by atoms with Crippen molar-refractivity contribution in [1.29, 1.82) is 0 Å². The number of benzene rings is 4. The molecule has 0 N–H and O–H groups in total. The van der Waals surface area contributed by atoms with E-state index in [0.717, 1.165) is 52.0 Å². The lowest BCUT2D eigenvalue weighted by atomic mass is 10.1. The predicted octanol–water partition coefficient (Wildman–Crippen LogP) is 6.53. The molecule has 2 aliphatic rings. The summed E-state index contributed by atoms with van der Waals surface area (Å²) in [5.41, 5.74) is 0. The SMILES string of the molecule is c1cc(Oc2ccc3cc(OCC4CO4)ccc3c2)cc(Oc2ccc3cc(OCC4CO4)ccc3c2)n1. The molecule has 3 heterocycles. The number of hydrogen-bond donors (Lipinski definition) is 0. The Kier molecular flexibility index (Phi) is 5.92. The molecule has 7 heteroatoms. The Morgan fingerprint density at radius 1 is 0.553 bits per heavy atom. The summed E-state index contributed by atoms with van der Waals surface area (Å²) in [5.74, 6) is 4.18. The summed E-state index contributed by atoms with van der Waals surface area (Å²) in [5, 5.41) is 4.27. The molecule has 7 nitrogen and oxygen atoms in total. The van der Waals surface area contributed by atoms with Gasteiger partial charge in [-0.2, -0.15) is 0 Å². The summed E-state index contributed by atoms with van der Waals surface area (Å²) in [4.78, 5) is 4.35. The number of rotatable bonds is 10. The van der Waals surface area contributed by atoms with Crippen molar-refractivity contribution in [1.82, 2.24) is 4.98 Å². The van der Waals surface area contributed by atoms with Gasteiger partial charge in [-0.25, -0.2) is 4.98 Å². The molecule has 0 amide bonds. The maximum atomic E-state index is 6.12. The summed E-state index contributed by atoms with van der Waals surface area (Å²) in [6.45, 7) is 2.74. The Balaban J connectivity index is 1.02. The van der Waals surface area contributed by atoms with E-state index in [9.17, 15) is 0 Å². The topological polar surface area (TPSA) is 74.9 Å². The molecule has 190 valence electrons. The van der Waals surface area contributed by atoms with E-state index in [1.165, 1.54) is 0 Å². The van der Waals surface area contributed by atoms with Crippen LogP contribution >= 0.6 is 0 Å². The Morgan fingerprint density at radius 3 is 1.53 bits per heavy atom. The summed E-state index contributed by atoms with van der Waals surface area (Å²) in [6.07, 6.45) is 2.14. The quantitative estimate of drug-likeness (QED) is 0.199. The van der Waals surface area contributed by atoms with Gasteiger partial charge in [0.1, 0.15) is 54.2 Å². The van der Waals surface area contributed by atoms with E-state index in [0.29, 0.717) is 30.6 Å². The molecular formula is C31H25NO6. The number of aromatic nitrogens is 1. The standard InChI is InChI=1S/C31H25NO6/c1-5-24(33-16-29-18-35-29)11-20-3-7-26(13-22(1)20)37-28-9-10-32-31(15-28)38-27-8-4-21-12-25(6-2-23(21)14-27)34-17-30-19-36-30/h1-15,29-30H,16-19H2. The molecule has 2 fully saturated rings. The Morgan fingerprint density at radius 2 is 1.00 bits per heavy atom. The number of fused-ring (bicyclic) bond motifs is 2. The van der Waals surface area contributed by atoms with Crippen LogP contribution in [-0.2, 0) is 9.47 Å². The van der Waals surface area contributed by atoms with E-state index < -0.39 is 0 Å². The highest BCUT2D eigenvalue weighted by Crippen LogP contribution is 2.32. The van der Waals surface area contributed by atoms with Crippen LogP contribution < -0.4 is 18.9 Å². The fourth-order valence-corrected chi connectivity index (χ4v) is 4.18. The predicted molar refractivity (Wildman–Crippen MR) is 143 cm³/mol. The van der Waals surface area contributed by atoms with E-state index in [-0.39, 0.29) is 12.2 Å². The highest BCUT2D eigenvalue weighted by Gasteiger charge is 2.23. The van der Waals surface area contributed by atoms with Crippen molar-refractivity contribution >= 4 is 21.5 Å². The van der Waals surface area contributed by atoms with Crippen molar-refractivity contribution in [2.45, 2.75) is 12.2 Å². The van der Waals surface area contributed by atoms with Crippen molar-refractivity contribution in [3.8, 4) is 34.6 Å². The van der Waals surface area contributed by atoms with Gasteiger partial charge in [-0.05, 0) is 76.1 Å². The van der Waals surface area contributed by atoms with E-state index in [2.05, 4.69) is 4.98 Å². The van der Waals surface area contributed by atoms with E-state index in [4.69, 9.17) is 28.4 Å². The van der Waals surface area contributed by atoms with Crippen LogP contribution in [0.25, 0.3) is 21.5 Å². The van der Waals surface area contributed by atoms with Crippen molar-refractivity contribution in [3.63, 3.8) is 0 Å². The Hall–Kier alpha value is -4.33. The van der Waals surface area contributed by atoms with Crippen LogP contribution in [0.5, 0.6) is 34.6 Å². The van der Waals surface area contributed by atoms with Crippen LogP contribution in [0.15, 0.2) is 91.1 Å². The maximum absolute atomic E-state index is 6.12. The van der Waals surface area contributed by atoms with Crippen LogP contribution in [0.1, 0.15) is 0 Å². The van der Waals surface area contributed by atoms with Crippen LogP contribution in [0.2, 0.25) is 0 Å². The summed E-state index contributed by atoms with van der Waals surface area (Å²) in [7, 11) is 0. The van der Waals surface area contributed by atoms with Crippen molar-refractivity contribution in [3.05, 3.63) is 91.1 Å². The van der Waals surface area contributed by atoms with Gasteiger partial charge in [-0.1, -0.05) is 24.3 Å². The highest BCUT2D eigenvalue weighted by molar-refractivity contribution is 5.86. The second kappa shape index (κ2) is 9.85. The van der Waals surface area contributed by atoms with Gasteiger partial charge < -0.3 is 28.4 Å². The molecule has 2 atom stereocenters. The zero-order valence-electron chi connectivity index (χ0n) is 20.5. The zero-order valence-corrected chi connectivity index (χ0v) is 20.5. The number of epoxide rings is 2. The van der Waals surface area contributed by atoms with Crippen molar-refractivity contribution < 1.29 is 28.4 Å². The fraction of sp³-hybridized carbons (Fsp3) is 0.194. The van der Waals surface area contributed by atoms with Gasteiger partial charge in [0.2, 0.25) is 5.88 Å². The molecule has 4 aromatic carbocycles. The van der Waals surface area contributed by atoms with Crippen LogP contribution in [-0.4, -0.2) is 43.6 Å². The van der Waals surface area contributed by atoms with Gasteiger partial charge in [0.25, 0.3) is 0 Å². The zero-order chi connectivity index (χ0) is 25.3. The smallest absolute Gasteiger partial charge is 0.222 e. The lowest BCUT2D eigenvalue weighted by Crippen LogP contribution is -2.03. The van der Waals surface area contributed by atoms with Crippen LogP contribution in [0.3, 0.4) is 0 Å². The molecule has 0 bridgehead atoms. The average Bonchev–Trinajstić information content (AvgIpc) is 3.86. The summed E-state index contributed by atoms with van der Waals surface area (Å²) in [6, 6.07) is 27.5. The average molecular weight is 508 g/mol. The Bertz CT molecular complexity index is 1500. The minimum Gasteiger partial charge on any atom is -0.491 e. The van der Waals surface area contributed by atoms with Gasteiger partial charge >= 0.3 is 0 Å².